The molecule has 0 aliphatic carbocycles. The third-order valence-electron chi connectivity index (χ3n) is 3.09. The van der Waals surface area contributed by atoms with Crippen LogP contribution in [0.2, 0.25) is 0 Å². The second-order valence-corrected chi connectivity index (χ2v) is 4.61. The molecule has 4 heteroatoms. The Balaban J connectivity index is 3.20. The number of rotatable bonds is 6. The lowest BCUT2D eigenvalue weighted by Crippen LogP contribution is -2.20. The fourth-order valence-electron chi connectivity index (χ4n) is 1.96. The maximum Gasteiger partial charge on any atom is 0.334 e. The smallest absolute Gasteiger partial charge is 0.334 e. The van der Waals surface area contributed by atoms with Crippen molar-refractivity contribution >= 4 is 11.9 Å². The van der Waals surface area contributed by atoms with E-state index in [1.54, 1.807) is 6.92 Å². The van der Waals surface area contributed by atoms with Crippen LogP contribution >= 0.6 is 0 Å². The van der Waals surface area contributed by atoms with Crippen LogP contribution in [0.15, 0.2) is 48.6 Å². The number of hydrogen-bond acceptors (Lipinski definition) is 4. The molecule has 1 aromatic carbocycles. The molecule has 1 rings (SSSR count). The van der Waals surface area contributed by atoms with E-state index in [-0.39, 0.29) is 17.8 Å². The van der Waals surface area contributed by atoms with Gasteiger partial charge in [0, 0.05) is 17.1 Å². The highest BCUT2D eigenvalue weighted by molar-refractivity contribution is 5.97. The molecule has 1 atom stereocenters. The van der Waals surface area contributed by atoms with Gasteiger partial charge < -0.3 is 9.47 Å². The minimum Gasteiger partial charge on any atom is -0.466 e. The lowest BCUT2D eigenvalue weighted by atomic mass is 9.85. The van der Waals surface area contributed by atoms with Gasteiger partial charge in [-0.1, -0.05) is 43.0 Å². The minimum atomic E-state index is -0.655. The molecule has 0 bridgehead atoms. The van der Waals surface area contributed by atoms with Gasteiger partial charge in [-0.15, -0.1) is 0 Å². The Labute approximate surface area is 125 Å². The fourth-order valence-corrected chi connectivity index (χ4v) is 1.96. The van der Waals surface area contributed by atoms with Gasteiger partial charge in [-0.2, -0.15) is 0 Å². The van der Waals surface area contributed by atoms with Gasteiger partial charge in [0.1, 0.15) is 0 Å². The molecule has 21 heavy (non-hydrogen) atoms. The highest BCUT2D eigenvalue weighted by atomic mass is 16.5. The number of hydrogen-bond donors (Lipinski definition) is 0. The predicted octanol–water partition coefficient (Wildman–Crippen LogP) is 2.93. The molecule has 0 spiro atoms. The normalized spacial score (nSPS) is 11.4. The number of methoxy groups -OCH3 is 1. The summed E-state index contributed by atoms with van der Waals surface area (Å²) in [6.45, 7) is 11.4. The summed E-state index contributed by atoms with van der Waals surface area (Å²) < 4.78 is 9.66. The lowest BCUT2D eigenvalue weighted by molar-refractivity contribution is -0.138. The van der Waals surface area contributed by atoms with Crippen molar-refractivity contribution in [1.82, 2.24) is 0 Å². The van der Waals surface area contributed by atoms with E-state index in [2.05, 4.69) is 13.2 Å². The molecule has 112 valence electrons. The molecule has 1 aromatic rings. The number of ether oxygens (including phenoxy) is 2. The minimum absolute atomic E-state index is 0.152. The molecule has 0 fully saturated rings. The van der Waals surface area contributed by atoms with Crippen molar-refractivity contribution in [3.8, 4) is 0 Å². The number of carbonyl (C=O) groups excluding carboxylic acids is 2. The van der Waals surface area contributed by atoms with Crippen LogP contribution < -0.4 is 0 Å². The zero-order chi connectivity index (χ0) is 16.0. The molecule has 0 aliphatic heterocycles. The zero-order valence-corrected chi connectivity index (χ0v) is 12.6. The van der Waals surface area contributed by atoms with E-state index in [9.17, 15) is 9.59 Å². The van der Waals surface area contributed by atoms with Crippen LogP contribution in [0.4, 0.5) is 0 Å². The van der Waals surface area contributed by atoms with Gasteiger partial charge in [0.2, 0.25) is 0 Å². The van der Waals surface area contributed by atoms with Crippen molar-refractivity contribution in [3.05, 3.63) is 59.7 Å². The van der Waals surface area contributed by atoms with Gasteiger partial charge in [-0.25, -0.2) is 9.59 Å². The molecule has 0 amide bonds. The van der Waals surface area contributed by atoms with E-state index in [1.807, 2.05) is 31.2 Å². The molecule has 0 aromatic heterocycles. The second-order valence-electron chi connectivity index (χ2n) is 4.61. The average Bonchev–Trinajstić information content (AvgIpc) is 2.48. The number of benzene rings is 1. The summed E-state index contributed by atoms with van der Waals surface area (Å²) in [5, 5.41) is 0. The van der Waals surface area contributed by atoms with E-state index in [1.165, 1.54) is 7.11 Å². The monoisotopic (exact) mass is 288 g/mol. The highest BCUT2D eigenvalue weighted by Crippen LogP contribution is 2.31. The topological polar surface area (TPSA) is 52.6 Å². The summed E-state index contributed by atoms with van der Waals surface area (Å²) in [6, 6.07) is 7.45. The van der Waals surface area contributed by atoms with E-state index >= 15 is 0 Å². The van der Waals surface area contributed by atoms with Crippen LogP contribution in [-0.2, 0) is 19.1 Å². The van der Waals surface area contributed by atoms with Gasteiger partial charge in [0.15, 0.2) is 0 Å². The van der Waals surface area contributed by atoms with Crippen molar-refractivity contribution in [2.24, 2.45) is 0 Å². The van der Waals surface area contributed by atoms with E-state index in [4.69, 9.17) is 9.47 Å². The first-order chi connectivity index (χ1) is 9.92. The third kappa shape index (κ3) is 4.05. The van der Waals surface area contributed by atoms with Crippen molar-refractivity contribution in [1.29, 1.82) is 0 Å². The summed E-state index contributed by atoms with van der Waals surface area (Å²) in [6.07, 6.45) is 0. The van der Waals surface area contributed by atoms with Crippen LogP contribution in [0, 0.1) is 6.92 Å². The molecular formula is C17H20O4. The molecule has 4 nitrogen and oxygen atoms in total. The van der Waals surface area contributed by atoms with Gasteiger partial charge in [-0.05, 0) is 19.4 Å². The predicted molar refractivity (Wildman–Crippen MR) is 80.8 cm³/mol. The first-order valence-corrected chi connectivity index (χ1v) is 6.62. The second kappa shape index (κ2) is 7.43. The zero-order valence-electron chi connectivity index (χ0n) is 12.6. The molecule has 0 N–H and O–H groups in total. The standard InChI is InChI=1S/C17H20O4/c1-6-21-17(19)13(4)15(12(3)16(18)20-5)14-9-7-11(2)8-10-14/h7-10,15H,3-4,6H2,1-2,5H3/t15-/m1/s1. The van der Waals surface area contributed by atoms with Crippen LogP contribution in [-0.4, -0.2) is 25.7 Å². The average molecular weight is 288 g/mol. The van der Waals surface area contributed by atoms with E-state index in [0.717, 1.165) is 11.1 Å². The fraction of sp³-hybridized carbons (Fsp3) is 0.294. The largest absolute Gasteiger partial charge is 0.466 e. The summed E-state index contributed by atoms with van der Waals surface area (Å²) in [5.41, 5.74) is 2.13. The maximum absolute atomic E-state index is 11.9. The summed E-state index contributed by atoms with van der Waals surface area (Å²) in [5.74, 6) is -1.78. The lowest BCUT2D eigenvalue weighted by Gasteiger charge is -2.20. The van der Waals surface area contributed by atoms with Crippen LogP contribution in [0.3, 0.4) is 0 Å². The number of aryl methyl sites for hydroxylation is 1. The first kappa shape index (κ1) is 16.7. The molecule has 0 unspecified atom stereocenters. The Morgan fingerprint density at radius 3 is 2.10 bits per heavy atom. The number of esters is 2. The Morgan fingerprint density at radius 1 is 1.10 bits per heavy atom. The van der Waals surface area contributed by atoms with Crippen molar-refractivity contribution in [2.75, 3.05) is 13.7 Å². The highest BCUT2D eigenvalue weighted by Gasteiger charge is 2.28. The first-order valence-electron chi connectivity index (χ1n) is 6.62. The van der Waals surface area contributed by atoms with Gasteiger partial charge in [0.05, 0.1) is 13.7 Å². The Hall–Kier alpha value is -2.36. The SMILES string of the molecule is C=C(C(=O)OC)[C@H](C(=C)C(=O)OCC)c1ccc(C)cc1. The molecule has 0 radical (unpaired) electrons. The maximum atomic E-state index is 11.9. The molecular weight excluding hydrogens is 268 g/mol. The Kier molecular flexibility index (Phi) is 5.91. The van der Waals surface area contributed by atoms with Gasteiger partial charge in [-0.3, -0.25) is 0 Å². The molecule has 0 saturated carbocycles. The molecule has 0 aliphatic rings. The van der Waals surface area contributed by atoms with Crippen molar-refractivity contribution in [2.45, 2.75) is 19.8 Å². The quantitative estimate of drug-likeness (QED) is 0.596. The summed E-state index contributed by atoms with van der Waals surface area (Å²) >= 11 is 0. The number of carbonyl (C=O) groups is 2. The Bertz CT molecular complexity index is 555. The van der Waals surface area contributed by atoms with Crippen LogP contribution in [0.5, 0.6) is 0 Å². The van der Waals surface area contributed by atoms with Crippen molar-refractivity contribution in [3.63, 3.8) is 0 Å². The van der Waals surface area contributed by atoms with Crippen LogP contribution in [0.1, 0.15) is 24.0 Å². The molecule has 0 saturated heterocycles. The van der Waals surface area contributed by atoms with Gasteiger partial charge in [0.25, 0.3) is 0 Å². The third-order valence-corrected chi connectivity index (χ3v) is 3.09. The van der Waals surface area contributed by atoms with Crippen LogP contribution in [0.25, 0.3) is 0 Å². The van der Waals surface area contributed by atoms with E-state index in [0.29, 0.717) is 0 Å². The summed E-state index contributed by atoms with van der Waals surface area (Å²) in [4.78, 5) is 23.7. The van der Waals surface area contributed by atoms with Crippen molar-refractivity contribution < 1.29 is 19.1 Å². The Morgan fingerprint density at radius 2 is 1.62 bits per heavy atom. The van der Waals surface area contributed by atoms with Gasteiger partial charge >= 0.3 is 11.9 Å². The summed E-state index contributed by atoms with van der Waals surface area (Å²) in [7, 11) is 1.27. The molecule has 0 heterocycles. The van der Waals surface area contributed by atoms with E-state index < -0.39 is 17.9 Å².